The van der Waals surface area contributed by atoms with Crippen molar-refractivity contribution < 1.29 is 15.0 Å². The van der Waals surface area contributed by atoms with E-state index in [1.165, 1.54) is 0 Å². The Morgan fingerprint density at radius 2 is 2.05 bits per heavy atom. The topological polar surface area (TPSA) is 78.6 Å². The fraction of sp³-hybridized carbons (Fsp3) is 0.733. The number of imidazole rings is 1. The van der Waals surface area contributed by atoms with Gasteiger partial charge in [-0.3, -0.25) is 0 Å². The van der Waals surface area contributed by atoms with Gasteiger partial charge in [-0.25, -0.2) is 9.78 Å². The van der Waals surface area contributed by atoms with Crippen molar-refractivity contribution in [1.82, 2.24) is 14.5 Å². The highest BCUT2D eigenvalue weighted by Gasteiger charge is 2.32. The molecule has 0 spiro atoms. The molecule has 116 valence electrons. The highest BCUT2D eigenvalue weighted by molar-refractivity contribution is 5.87. The zero-order valence-corrected chi connectivity index (χ0v) is 12.5. The number of fused-ring (bicyclic) bond motifs is 1. The van der Waals surface area contributed by atoms with Gasteiger partial charge in [-0.2, -0.15) is 0 Å². The lowest BCUT2D eigenvalue weighted by molar-refractivity contribution is 0.0670. The fourth-order valence-electron chi connectivity index (χ4n) is 3.60. The Morgan fingerprint density at radius 1 is 1.33 bits per heavy atom. The summed E-state index contributed by atoms with van der Waals surface area (Å²) in [7, 11) is 0. The Hall–Kier alpha value is -1.40. The van der Waals surface area contributed by atoms with Crippen LogP contribution in [0.25, 0.3) is 0 Å². The van der Waals surface area contributed by atoms with Crippen molar-refractivity contribution in [1.29, 1.82) is 0 Å². The Bertz CT molecular complexity index is 533. The van der Waals surface area contributed by atoms with Gasteiger partial charge in [0.05, 0.1) is 5.69 Å². The molecule has 3 rings (SSSR count). The second kappa shape index (κ2) is 5.77. The summed E-state index contributed by atoms with van der Waals surface area (Å²) in [6.45, 7) is 5.24. The maximum Gasteiger partial charge on any atom is 0.356 e. The van der Waals surface area contributed by atoms with Crippen LogP contribution < -0.4 is 0 Å². The highest BCUT2D eigenvalue weighted by atomic mass is 16.4. The zero-order valence-electron chi connectivity index (χ0n) is 12.5. The predicted octanol–water partition coefficient (Wildman–Crippen LogP) is 1.61. The first-order valence-electron chi connectivity index (χ1n) is 7.86. The molecule has 1 atom stereocenters. The van der Waals surface area contributed by atoms with Gasteiger partial charge in [0.15, 0.2) is 5.69 Å². The molecule has 0 bridgehead atoms. The largest absolute Gasteiger partial charge is 0.476 e. The highest BCUT2D eigenvalue weighted by Crippen LogP contribution is 2.34. The molecule has 6 heteroatoms. The van der Waals surface area contributed by atoms with E-state index in [1.807, 2.05) is 0 Å². The van der Waals surface area contributed by atoms with Crippen LogP contribution in [0.15, 0.2) is 0 Å². The summed E-state index contributed by atoms with van der Waals surface area (Å²) in [5.74, 6) is 0.0582. The number of hydrogen-bond donors (Lipinski definition) is 2. The lowest BCUT2D eigenvalue weighted by atomic mass is 9.95. The standard InChI is InChI=1S/C15H23N3O3/c1-2-17-8-6-10(7-9-17)14-16-13(15(20)21)11-4-3-5-12(19)18(11)14/h10,12,19H,2-9H2,1H3,(H,20,21). The molecule has 0 amide bonds. The molecule has 0 aliphatic carbocycles. The van der Waals surface area contributed by atoms with Crippen LogP contribution in [-0.4, -0.2) is 50.3 Å². The number of likely N-dealkylation sites (tertiary alicyclic amines) is 1. The molecular formula is C15H23N3O3. The van der Waals surface area contributed by atoms with Gasteiger partial charge in [-0.05, 0) is 51.7 Å². The van der Waals surface area contributed by atoms with Gasteiger partial charge in [-0.15, -0.1) is 0 Å². The minimum Gasteiger partial charge on any atom is -0.476 e. The molecule has 2 aliphatic heterocycles. The van der Waals surface area contributed by atoms with Crippen LogP contribution in [0.1, 0.15) is 66.8 Å². The number of rotatable bonds is 3. The number of aliphatic hydroxyl groups is 1. The minimum absolute atomic E-state index is 0.140. The van der Waals surface area contributed by atoms with Crippen molar-refractivity contribution in [2.45, 2.75) is 51.2 Å². The molecule has 2 N–H and O–H groups in total. The Kier molecular flexibility index (Phi) is 3.99. The number of aliphatic hydroxyl groups excluding tert-OH is 1. The van der Waals surface area contributed by atoms with E-state index in [1.54, 1.807) is 4.57 Å². The maximum atomic E-state index is 11.4. The van der Waals surface area contributed by atoms with Crippen LogP contribution in [0.5, 0.6) is 0 Å². The van der Waals surface area contributed by atoms with Gasteiger partial charge in [0, 0.05) is 5.92 Å². The van der Waals surface area contributed by atoms with Crippen LogP contribution in [0, 0.1) is 0 Å². The van der Waals surface area contributed by atoms with Crippen molar-refractivity contribution in [2.24, 2.45) is 0 Å². The number of nitrogens with zero attached hydrogens (tertiary/aromatic N) is 3. The summed E-state index contributed by atoms with van der Waals surface area (Å²) in [4.78, 5) is 18.2. The molecule has 1 aromatic rings. The average molecular weight is 293 g/mol. The van der Waals surface area contributed by atoms with E-state index >= 15 is 0 Å². The van der Waals surface area contributed by atoms with Gasteiger partial charge < -0.3 is 19.7 Å². The van der Waals surface area contributed by atoms with E-state index in [0.29, 0.717) is 18.5 Å². The van der Waals surface area contributed by atoms with Gasteiger partial charge in [-0.1, -0.05) is 6.92 Å². The van der Waals surface area contributed by atoms with Crippen LogP contribution in [0.2, 0.25) is 0 Å². The van der Waals surface area contributed by atoms with Crippen LogP contribution >= 0.6 is 0 Å². The molecule has 0 radical (unpaired) electrons. The SMILES string of the molecule is CCN1CCC(c2nc(C(=O)O)c3n2C(O)CCC3)CC1. The first kappa shape index (κ1) is 14.5. The Labute approximate surface area is 124 Å². The quantitative estimate of drug-likeness (QED) is 0.885. The third kappa shape index (κ3) is 2.58. The van der Waals surface area contributed by atoms with E-state index < -0.39 is 12.2 Å². The second-order valence-corrected chi connectivity index (χ2v) is 6.02. The summed E-state index contributed by atoms with van der Waals surface area (Å²) in [5, 5.41) is 19.6. The number of carbonyl (C=O) groups is 1. The molecule has 1 saturated heterocycles. The summed E-state index contributed by atoms with van der Waals surface area (Å²) in [6.07, 6.45) is 3.55. The first-order valence-corrected chi connectivity index (χ1v) is 7.86. The number of piperidine rings is 1. The number of carboxylic acid groups (broad SMARTS) is 1. The third-order valence-electron chi connectivity index (χ3n) is 4.81. The molecule has 3 heterocycles. The molecule has 6 nitrogen and oxygen atoms in total. The van der Waals surface area contributed by atoms with E-state index in [9.17, 15) is 15.0 Å². The Morgan fingerprint density at radius 3 is 2.67 bits per heavy atom. The minimum atomic E-state index is -0.981. The summed E-state index contributed by atoms with van der Waals surface area (Å²) >= 11 is 0. The monoisotopic (exact) mass is 293 g/mol. The molecule has 0 aromatic carbocycles. The van der Waals surface area contributed by atoms with Gasteiger partial charge in [0.25, 0.3) is 0 Å². The van der Waals surface area contributed by atoms with Crippen molar-refractivity contribution in [3.8, 4) is 0 Å². The number of aromatic nitrogens is 2. The first-order chi connectivity index (χ1) is 10.1. The molecule has 0 saturated carbocycles. The van der Waals surface area contributed by atoms with Crippen molar-refractivity contribution in [3.63, 3.8) is 0 Å². The molecule has 1 aromatic heterocycles. The Balaban J connectivity index is 1.93. The summed E-state index contributed by atoms with van der Waals surface area (Å²) in [6, 6.07) is 0. The number of hydrogen-bond acceptors (Lipinski definition) is 4. The maximum absolute atomic E-state index is 11.4. The summed E-state index contributed by atoms with van der Waals surface area (Å²) in [5.41, 5.74) is 0.843. The molecular weight excluding hydrogens is 270 g/mol. The lowest BCUT2D eigenvalue weighted by Crippen LogP contribution is -2.34. The van der Waals surface area contributed by atoms with E-state index in [2.05, 4.69) is 16.8 Å². The van der Waals surface area contributed by atoms with Crippen molar-refractivity contribution >= 4 is 5.97 Å². The van der Waals surface area contributed by atoms with E-state index in [0.717, 1.165) is 44.7 Å². The van der Waals surface area contributed by atoms with Crippen molar-refractivity contribution in [3.05, 3.63) is 17.2 Å². The van der Waals surface area contributed by atoms with Crippen LogP contribution in [0.4, 0.5) is 0 Å². The number of aromatic carboxylic acids is 1. The molecule has 1 fully saturated rings. The molecule has 21 heavy (non-hydrogen) atoms. The second-order valence-electron chi connectivity index (χ2n) is 6.02. The predicted molar refractivity (Wildman–Crippen MR) is 77.5 cm³/mol. The molecule has 2 aliphatic rings. The van der Waals surface area contributed by atoms with Crippen LogP contribution in [0.3, 0.4) is 0 Å². The zero-order chi connectivity index (χ0) is 15.0. The van der Waals surface area contributed by atoms with Gasteiger partial charge in [0.2, 0.25) is 0 Å². The van der Waals surface area contributed by atoms with E-state index in [-0.39, 0.29) is 11.6 Å². The fourth-order valence-corrected chi connectivity index (χ4v) is 3.60. The third-order valence-corrected chi connectivity index (χ3v) is 4.81. The summed E-state index contributed by atoms with van der Waals surface area (Å²) < 4.78 is 1.80. The van der Waals surface area contributed by atoms with E-state index in [4.69, 9.17) is 0 Å². The van der Waals surface area contributed by atoms with Gasteiger partial charge in [0.1, 0.15) is 12.1 Å². The van der Waals surface area contributed by atoms with Crippen LogP contribution in [-0.2, 0) is 6.42 Å². The smallest absolute Gasteiger partial charge is 0.356 e. The normalized spacial score (nSPS) is 24.0. The average Bonchev–Trinajstić information content (AvgIpc) is 2.88. The van der Waals surface area contributed by atoms with Gasteiger partial charge >= 0.3 is 5.97 Å². The number of carboxylic acids is 1. The van der Waals surface area contributed by atoms with Crippen molar-refractivity contribution in [2.75, 3.05) is 19.6 Å². The molecule has 1 unspecified atom stereocenters. The lowest BCUT2D eigenvalue weighted by Gasteiger charge is -2.32.